The highest BCUT2D eigenvalue weighted by molar-refractivity contribution is 5.96. The molecular formula is C12H15N3O4. The van der Waals surface area contributed by atoms with Crippen molar-refractivity contribution in [2.45, 2.75) is 37.6 Å². The number of hydrogen-bond acceptors (Lipinski definition) is 4. The first-order valence-corrected chi connectivity index (χ1v) is 6.14. The van der Waals surface area contributed by atoms with Crippen molar-refractivity contribution in [3.8, 4) is 0 Å². The van der Waals surface area contributed by atoms with Crippen molar-refractivity contribution in [1.82, 2.24) is 15.3 Å². The summed E-state index contributed by atoms with van der Waals surface area (Å²) in [4.78, 5) is 40.3. The second-order valence-corrected chi connectivity index (χ2v) is 4.70. The van der Waals surface area contributed by atoms with Gasteiger partial charge in [-0.3, -0.25) is 9.59 Å². The number of carbonyl (C=O) groups is 2. The number of amides is 1. The second-order valence-electron chi connectivity index (χ2n) is 4.70. The Bertz CT molecular complexity index is 526. The average Bonchev–Trinajstić information content (AvgIpc) is 2.40. The highest BCUT2D eigenvalue weighted by Gasteiger charge is 2.41. The zero-order valence-electron chi connectivity index (χ0n) is 10.3. The highest BCUT2D eigenvalue weighted by Crippen LogP contribution is 2.28. The van der Waals surface area contributed by atoms with Gasteiger partial charge in [0.1, 0.15) is 11.2 Å². The number of aromatic nitrogens is 2. The maximum Gasteiger partial charge on any atom is 0.329 e. The van der Waals surface area contributed by atoms with Gasteiger partial charge in [-0.05, 0) is 12.8 Å². The van der Waals surface area contributed by atoms with Crippen molar-refractivity contribution in [3.05, 3.63) is 28.4 Å². The molecule has 102 valence electrons. The summed E-state index contributed by atoms with van der Waals surface area (Å²) >= 11 is 0. The molecule has 1 aliphatic carbocycles. The third-order valence-electron chi connectivity index (χ3n) is 3.37. The van der Waals surface area contributed by atoms with Gasteiger partial charge in [-0.2, -0.15) is 0 Å². The van der Waals surface area contributed by atoms with E-state index in [0.29, 0.717) is 12.8 Å². The summed E-state index contributed by atoms with van der Waals surface area (Å²) in [5.41, 5.74) is -1.62. The number of hydrogen-bond donors (Lipinski definition) is 3. The van der Waals surface area contributed by atoms with Crippen LogP contribution >= 0.6 is 0 Å². The minimum absolute atomic E-state index is 0.00537. The standard InChI is InChI=1S/C12H15N3O4/c16-9-7-13-8(6-14-9)10(17)15-12(11(18)19)4-2-1-3-5-12/h6-7H,1-5H2,(H,14,16)(H,15,17)(H,18,19). The van der Waals surface area contributed by atoms with Crippen LogP contribution < -0.4 is 10.9 Å². The second kappa shape index (κ2) is 5.21. The van der Waals surface area contributed by atoms with Crippen molar-refractivity contribution >= 4 is 11.9 Å². The van der Waals surface area contributed by atoms with Gasteiger partial charge in [0.2, 0.25) is 0 Å². The summed E-state index contributed by atoms with van der Waals surface area (Å²) in [6.45, 7) is 0. The van der Waals surface area contributed by atoms with Crippen LogP contribution in [0.2, 0.25) is 0 Å². The van der Waals surface area contributed by atoms with Gasteiger partial charge in [0, 0.05) is 6.20 Å². The van der Waals surface area contributed by atoms with E-state index < -0.39 is 23.0 Å². The van der Waals surface area contributed by atoms with Crippen LogP contribution in [-0.4, -0.2) is 32.5 Å². The fourth-order valence-electron chi connectivity index (χ4n) is 2.30. The molecule has 0 bridgehead atoms. The zero-order chi connectivity index (χ0) is 13.9. The Kier molecular flexibility index (Phi) is 3.64. The summed E-state index contributed by atoms with van der Waals surface area (Å²) in [6.07, 6.45) is 5.51. The Balaban J connectivity index is 2.17. The number of rotatable bonds is 3. The van der Waals surface area contributed by atoms with Gasteiger partial charge in [0.25, 0.3) is 11.5 Å². The van der Waals surface area contributed by atoms with Crippen LogP contribution in [0.1, 0.15) is 42.6 Å². The quantitative estimate of drug-likeness (QED) is 0.727. The molecule has 1 aromatic heterocycles. The van der Waals surface area contributed by atoms with Gasteiger partial charge in [0.15, 0.2) is 0 Å². The van der Waals surface area contributed by atoms with Crippen LogP contribution in [0.3, 0.4) is 0 Å². The molecule has 19 heavy (non-hydrogen) atoms. The first-order chi connectivity index (χ1) is 9.03. The van der Waals surface area contributed by atoms with Crippen LogP contribution in [0.15, 0.2) is 17.2 Å². The van der Waals surface area contributed by atoms with Gasteiger partial charge >= 0.3 is 5.97 Å². The summed E-state index contributed by atoms with van der Waals surface area (Å²) in [6, 6.07) is 0. The van der Waals surface area contributed by atoms with Gasteiger partial charge in [-0.15, -0.1) is 0 Å². The molecule has 3 N–H and O–H groups in total. The van der Waals surface area contributed by atoms with E-state index in [2.05, 4.69) is 15.3 Å². The molecule has 1 aliphatic rings. The smallest absolute Gasteiger partial charge is 0.329 e. The molecular weight excluding hydrogens is 250 g/mol. The zero-order valence-corrected chi connectivity index (χ0v) is 10.3. The van der Waals surface area contributed by atoms with Crippen LogP contribution in [0.25, 0.3) is 0 Å². The number of H-pyrrole nitrogens is 1. The first kappa shape index (κ1) is 13.3. The summed E-state index contributed by atoms with van der Waals surface area (Å²) in [5.74, 6) is -1.61. The molecule has 2 rings (SSSR count). The lowest BCUT2D eigenvalue weighted by Crippen LogP contribution is -2.55. The maximum absolute atomic E-state index is 12.0. The van der Waals surface area contributed by atoms with Crippen molar-refractivity contribution in [1.29, 1.82) is 0 Å². The number of nitrogens with zero attached hydrogens (tertiary/aromatic N) is 1. The average molecular weight is 265 g/mol. The van der Waals surface area contributed by atoms with Crippen LogP contribution in [0, 0.1) is 0 Å². The first-order valence-electron chi connectivity index (χ1n) is 6.14. The molecule has 0 saturated heterocycles. The fraction of sp³-hybridized carbons (Fsp3) is 0.500. The van der Waals surface area contributed by atoms with E-state index in [1.807, 2.05) is 0 Å². The molecule has 1 fully saturated rings. The van der Waals surface area contributed by atoms with E-state index in [9.17, 15) is 19.5 Å². The molecule has 0 radical (unpaired) electrons. The molecule has 7 heteroatoms. The van der Waals surface area contributed by atoms with Gasteiger partial charge in [0.05, 0.1) is 6.20 Å². The Morgan fingerprint density at radius 2 is 2.00 bits per heavy atom. The van der Waals surface area contributed by atoms with E-state index in [4.69, 9.17) is 0 Å². The molecule has 0 unspecified atom stereocenters. The van der Waals surface area contributed by atoms with Crippen molar-refractivity contribution in [3.63, 3.8) is 0 Å². The number of nitrogens with one attached hydrogen (secondary N) is 2. The lowest BCUT2D eigenvalue weighted by molar-refractivity contribution is -0.145. The number of aromatic amines is 1. The Morgan fingerprint density at radius 1 is 1.32 bits per heavy atom. The van der Waals surface area contributed by atoms with Crippen molar-refractivity contribution < 1.29 is 14.7 Å². The van der Waals surface area contributed by atoms with E-state index in [0.717, 1.165) is 25.5 Å². The number of carbonyl (C=O) groups excluding carboxylic acids is 1. The Labute approximate surface area is 109 Å². The largest absolute Gasteiger partial charge is 0.480 e. The predicted octanol–water partition coefficient (Wildman–Crippen LogP) is 0.287. The summed E-state index contributed by atoms with van der Waals surface area (Å²) in [5, 5.41) is 11.9. The SMILES string of the molecule is O=C(NC1(C(=O)O)CCCCC1)c1c[nH]c(=O)cn1. The normalized spacial score (nSPS) is 17.7. The number of carboxylic acids is 1. The molecule has 0 aromatic carbocycles. The van der Waals surface area contributed by atoms with Crippen LogP contribution in [-0.2, 0) is 4.79 Å². The van der Waals surface area contributed by atoms with E-state index in [-0.39, 0.29) is 5.69 Å². The van der Waals surface area contributed by atoms with Crippen molar-refractivity contribution in [2.24, 2.45) is 0 Å². The Morgan fingerprint density at radius 3 is 2.53 bits per heavy atom. The van der Waals surface area contributed by atoms with Gasteiger partial charge in [-0.25, -0.2) is 9.78 Å². The topological polar surface area (TPSA) is 112 Å². The molecule has 0 aliphatic heterocycles. The molecule has 1 saturated carbocycles. The number of aliphatic carboxylic acids is 1. The molecule has 1 aromatic rings. The lowest BCUT2D eigenvalue weighted by Gasteiger charge is -2.33. The molecule has 7 nitrogen and oxygen atoms in total. The molecule has 0 atom stereocenters. The summed E-state index contributed by atoms with van der Waals surface area (Å²) < 4.78 is 0. The van der Waals surface area contributed by atoms with Crippen LogP contribution in [0.4, 0.5) is 0 Å². The van der Waals surface area contributed by atoms with Crippen molar-refractivity contribution in [2.75, 3.05) is 0 Å². The minimum Gasteiger partial charge on any atom is -0.480 e. The van der Waals surface area contributed by atoms with Gasteiger partial charge in [-0.1, -0.05) is 19.3 Å². The van der Waals surface area contributed by atoms with Gasteiger partial charge < -0.3 is 15.4 Å². The lowest BCUT2D eigenvalue weighted by atomic mass is 9.81. The molecule has 1 heterocycles. The predicted molar refractivity (Wildman–Crippen MR) is 65.8 cm³/mol. The molecule has 0 spiro atoms. The fourth-order valence-corrected chi connectivity index (χ4v) is 2.30. The minimum atomic E-state index is -1.22. The summed E-state index contributed by atoms with van der Waals surface area (Å²) in [7, 11) is 0. The van der Waals surface area contributed by atoms with Crippen LogP contribution in [0.5, 0.6) is 0 Å². The highest BCUT2D eigenvalue weighted by atomic mass is 16.4. The van der Waals surface area contributed by atoms with E-state index in [1.165, 1.54) is 6.20 Å². The molecule has 1 amide bonds. The van der Waals surface area contributed by atoms with E-state index in [1.54, 1.807) is 0 Å². The Hall–Kier alpha value is -2.18. The third kappa shape index (κ3) is 2.81. The monoisotopic (exact) mass is 265 g/mol. The number of carboxylic acid groups (broad SMARTS) is 1. The third-order valence-corrected chi connectivity index (χ3v) is 3.37. The maximum atomic E-state index is 12.0. The van der Waals surface area contributed by atoms with E-state index >= 15 is 0 Å².